The number of benzene rings is 1. The van der Waals surface area contributed by atoms with Crippen molar-refractivity contribution in [3.8, 4) is 0 Å². The van der Waals surface area contributed by atoms with Crippen LogP contribution in [0.15, 0.2) is 47.0 Å². The average molecular weight is 313 g/mol. The lowest BCUT2D eigenvalue weighted by Crippen LogP contribution is -2.14. The molecule has 3 aromatic rings. The summed E-state index contributed by atoms with van der Waals surface area (Å²) in [7, 11) is 0. The Hall–Kier alpha value is -3.29. The fourth-order valence-corrected chi connectivity index (χ4v) is 1.84. The molecule has 1 aromatic carbocycles. The highest BCUT2D eigenvalue weighted by atomic mass is 19.1. The van der Waals surface area contributed by atoms with Crippen molar-refractivity contribution in [2.45, 2.75) is 6.92 Å². The maximum atomic E-state index is 13.1. The van der Waals surface area contributed by atoms with Crippen molar-refractivity contribution >= 4 is 23.2 Å². The summed E-state index contributed by atoms with van der Waals surface area (Å²) in [6.07, 6.45) is 0. The van der Waals surface area contributed by atoms with E-state index in [1.54, 1.807) is 31.2 Å². The summed E-state index contributed by atoms with van der Waals surface area (Å²) < 4.78 is 18.0. The number of aryl methyl sites for hydroxylation is 1. The van der Waals surface area contributed by atoms with Crippen molar-refractivity contribution in [2.75, 3.05) is 10.6 Å². The fraction of sp³-hybridized carbons (Fsp3) is 0.0667. The standard InChI is InChI=1S/C15H12FN5O2/c1-9-7-14(21-23-9)18-15(22)12-5-6-13(20-19-12)17-11-4-2-3-10(16)8-11/h2-8H,1H3,(H,17,20)(H,18,21,22). The van der Waals surface area contributed by atoms with Crippen LogP contribution in [0.5, 0.6) is 0 Å². The monoisotopic (exact) mass is 313 g/mol. The number of rotatable bonds is 4. The molecule has 23 heavy (non-hydrogen) atoms. The summed E-state index contributed by atoms with van der Waals surface area (Å²) in [5.41, 5.74) is 0.657. The van der Waals surface area contributed by atoms with Crippen LogP contribution in [0.4, 0.5) is 21.7 Å². The second-order valence-electron chi connectivity index (χ2n) is 4.72. The van der Waals surface area contributed by atoms with Gasteiger partial charge in [0, 0.05) is 11.8 Å². The normalized spacial score (nSPS) is 10.3. The summed E-state index contributed by atoms with van der Waals surface area (Å²) in [5, 5.41) is 16.8. The molecule has 0 atom stereocenters. The number of carbonyl (C=O) groups is 1. The Labute approximate surface area is 130 Å². The van der Waals surface area contributed by atoms with Gasteiger partial charge in [-0.2, -0.15) is 0 Å². The first-order valence-electron chi connectivity index (χ1n) is 6.71. The van der Waals surface area contributed by atoms with Gasteiger partial charge in [0.05, 0.1) is 0 Å². The minimum Gasteiger partial charge on any atom is -0.360 e. The Morgan fingerprint density at radius 3 is 2.65 bits per heavy atom. The fourth-order valence-electron chi connectivity index (χ4n) is 1.84. The van der Waals surface area contributed by atoms with Gasteiger partial charge < -0.3 is 15.2 Å². The second-order valence-corrected chi connectivity index (χ2v) is 4.72. The number of carbonyl (C=O) groups excluding carboxylic acids is 1. The summed E-state index contributed by atoms with van der Waals surface area (Å²) in [4.78, 5) is 12.0. The highest BCUT2D eigenvalue weighted by Crippen LogP contribution is 2.15. The largest absolute Gasteiger partial charge is 0.360 e. The number of anilines is 3. The molecular weight excluding hydrogens is 301 g/mol. The second kappa shape index (κ2) is 6.22. The molecule has 3 rings (SSSR count). The summed E-state index contributed by atoms with van der Waals surface area (Å²) in [6, 6.07) is 10.6. The zero-order valence-corrected chi connectivity index (χ0v) is 12.1. The predicted molar refractivity (Wildman–Crippen MR) is 80.9 cm³/mol. The van der Waals surface area contributed by atoms with Crippen LogP contribution >= 0.6 is 0 Å². The number of nitrogens with one attached hydrogen (secondary N) is 2. The van der Waals surface area contributed by atoms with Gasteiger partial charge in [-0.15, -0.1) is 10.2 Å². The van der Waals surface area contributed by atoms with Gasteiger partial charge in [0.2, 0.25) is 0 Å². The van der Waals surface area contributed by atoms with E-state index in [0.717, 1.165) is 0 Å². The molecule has 0 unspecified atom stereocenters. The van der Waals surface area contributed by atoms with Crippen LogP contribution in [0.3, 0.4) is 0 Å². The van der Waals surface area contributed by atoms with Crippen LogP contribution < -0.4 is 10.6 Å². The third-order valence-electron chi connectivity index (χ3n) is 2.86. The zero-order chi connectivity index (χ0) is 16.2. The van der Waals surface area contributed by atoms with Crippen molar-refractivity contribution in [1.82, 2.24) is 15.4 Å². The lowest BCUT2D eigenvalue weighted by Gasteiger charge is -2.05. The van der Waals surface area contributed by atoms with Crippen LogP contribution in [0.25, 0.3) is 0 Å². The number of halogens is 1. The predicted octanol–water partition coefficient (Wildman–Crippen LogP) is 2.91. The maximum Gasteiger partial charge on any atom is 0.277 e. The molecule has 7 nitrogen and oxygen atoms in total. The number of hydrogen-bond donors (Lipinski definition) is 2. The minimum atomic E-state index is -0.455. The molecule has 1 amide bonds. The molecule has 0 aliphatic carbocycles. The average Bonchev–Trinajstić information content (AvgIpc) is 2.93. The molecule has 116 valence electrons. The Kier molecular flexibility index (Phi) is 3.96. The van der Waals surface area contributed by atoms with Crippen LogP contribution in [-0.4, -0.2) is 21.3 Å². The maximum absolute atomic E-state index is 13.1. The van der Waals surface area contributed by atoms with Crippen molar-refractivity contribution < 1.29 is 13.7 Å². The van der Waals surface area contributed by atoms with E-state index < -0.39 is 5.91 Å². The summed E-state index contributed by atoms with van der Waals surface area (Å²) in [5.74, 6) is 0.465. The van der Waals surface area contributed by atoms with Crippen molar-refractivity contribution in [3.05, 3.63) is 59.7 Å². The van der Waals surface area contributed by atoms with Crippen molar-refractivity contribution in [2.24, 2.45) is 0 Å². The Bertz CT molecular complexity index is 832. The molecule has 8 heteroatoms. The molecule has 0 bridgehead atoms. The lowest BCUT2D eigenvalue weighted by atomic mass is 10.3. The Morgan fingerprint density at radius 1 is 1.13 bits per heavy atom. The third-order valence-corrected chi connectivity index (χ3v) is 2.86. The molecule has 2 N–H and O–H groups in total. The highest BCUT2D eigenvalue weighted by Gasteiger charge is 2.11. The van der Waals surface area contributed by atoms with Gasteiger partial charge in [-0.3, -0.25) is 4.79 Å². The molecule has 0 saturated heterocycles. The number of aromatic nitrogens is 3. The van der Waals surface area contributed by atoms with Gasteiger partial charge in [0.1, 0.15) is 11.6 Å². The number of amides is 1. The van der Waals surface area contributed by atoms with E-state index in [1.165, 1.54) is 18.2 Å². The molecule has 0 spiro atoms. The van der Waals surface area contributed by atoms with Gasteiger partial charge in [-0.05, 0) is 37.3 Å². The van der Waals surface area contributed by atoms with Gasteiger partial charge in [0.15, 0.2) is 17.3 Å². The molecule has 2 aromatic heterocycles. The van der Waals surface area contributed by atoms with Crippen molar-refractivity contribution in [1.29, 1.82) is 0 Å². The Morgan fingerprint density at radius 2 is 2.00 bits per heavy atom. The van der Waals surface area contributed by atoms with E-state index >= 15 is 0 Å². The van der Waals surface area contributed by atoms with Gasteiger partial charge >= 0.3 is 0 Å². The lowest BCUT2D eigenvalue weighted by molar-refractivity contribution is 0.102. The van der Waals surface area contributed by atoms with Gasteiger partial charge in [0.25, 0.3) is 5.91 Å². The number of hydrogen-bond acceptors (Lipinski definition) is 6. The van der Waals surface area contributed by atoms with E-state index in [9.17, 15) is 9.18 Å². The molecule has 0 aliphatic heterocycles. The first kappa shape index (κ1) is 14.6. The smallest absolute Gasteiger partial charge is 0.277 e. The Balaban J connectivity index is 1.68. The first-order chi connectivity index (χ1) is 11.1. The topological polar surface area (TPSA) is 92.9 Å². The van der Waals surface area contributed by atoms with Crippen molar-refractivity contribution in [3.63, 3.8) is 0 Å². The molecule has 0 saturated carbocycles. The number of nitrogens with zero attached hydrogens (tertiary/aromatic N) is 3. The van der Waals surface area contributed by atoms with E-state index in [1.807, 2.05) is 0 Å². The summed E-state index contributed by atoms with van der Waals surface area (Å²) >= 11 is 0. The molecular formula is C15H12FN5O2. The van der Waals surface area contributed by atoms with Crippen LogP contribution in [-0.2, 0) is 0 Å². The zero-order valence-electron chi connectivity index (χ0n) is 12.1. The van der Waals surface area contributed by atoms with Gasteiger partial charge in [-0.1, -0.05) is 11.2 Å². The molecule has 0 radical (unpaired) electrons. The van der Waals surface area contributed by atoms with E-state index in [4.69, 9.17) is 4.52 Å². The van der Waals surface area contributed by atoms with E-state index in [2.05, 4.69) is 26.0 Å². The summed E-state index contributed by atoms with van der Waals surface area (Å²) in [6.45, 7) is 1.72. The van der Waals surface area contributed by atoms with Gasteiger partial charge in [-0.25, -0.2) is 4.39 Å². The van der Waals surface area contributed by atoms with E-state index in [0.29, 0.717) is 23.1 Å². The van der Waals surface area contributed by atoms with Crippen LogP contribution in [0, 0.1) is 12.7 Å². The van der Waals surface area contributed by atoms with E-state index in [-0.39, 0.29) is 11.5 Å². The molecule has 2 heterocycles. The SMILES string of the molecule is Cc1cc(NC(=O)c2ccc(Nc3cccc(F)c3)nn2)no1. The molecule has 0 aliphatic rings. The quantitative estimate of drug-likeness (QED) is 0.769. The van der Waals surface area contributed by atoms with Crippen LogP contribution in [0.2, 0.25) is 0 Å². The first-order valence-corrected chi connectivity index (χ1v) is 6.71. The third kappa shape index (κ3) is 3.67. The molecule has 0 fully saturated rings. The highest BCUT2D eigenvalue weighted by molar-refractivity contribution is 6.02. The van der Waals surface area contributed by atoms with Crippen LogP contribution in [0.1, 0.15) is 16.2 Å². The minimum absolute atomic E-state index is 0.121.